The van der Waals surface area contributed by atoms with Gasteiger partial charge in [-0.25, -0.2) is 0 Å². The van der Waals surface area contributed by atoms with Crippen LogP contribution in [0, 0.1) is 12.3 Å². The van der Waals surface area contributed by atoms with Gasteiger partial charge in [0.1, 0.15) is 6.26 Å². The number of oxazole rings is 1. The third kappa shape index (κ3) is 1.55. The SMILES string of the molecule is Cc1coc(NC2CCC2(C)C)n1. The van der Waals surface area contributed by atoms with E-state index in [1.807, 2.05) is 6.92 Å². The minimum absolute atomic E-state index is 0.391. The maximum atomic E-state index is 5.24. The first-order valence-corrected chi connectivity index (χ1v) is 4.76. The highest BCUT2D eigenvalue weighted by Gasteiger charge is 2.38. The highest BCUT2D eigenvalue weighted by molar-refractivity contribution is 5.25. The summed E-state index contributed by atoms with van der Waals surface area (Å²) in [5.41, 5.74) is 1.32. The van der Waals surface area contributed by atoms with Gasteiger partial charge in [-0.15, -0.1) is 0 Å². The maximum absolute atomic E-state index is 5.24. The first-order valence-electron chi connectivity index (χ1n) is 4.76. The lowest BCUT2D eigenvalue weighted by Crippen LogP contribution is -2.45. The van der Waals surface area contributed by atoms with Crippen molar-refractivity contribution in [3.63, 3.8) is 0 Å². The third-order valence-corrected chi connectivity index (χ3v) is 2.94. The van der Waals surface area contributed by atoms with Crippen LogP contribution in [-0.4, -0.2) is 11.0 Å². The molecule has 2 rings (SSSR count). The van der Waals surface area contributed by atoms with Crippen molar-refractivity contribution in [1.29, 1.82) is 0 Å². The van der Waals surface area contributed by atoms with Crippen LogP contribution in [0.1, 0.15) is 32.4 Å². The van der Waals surface area contributed by atoms with Gasteiger partial charge in [-0.3, -0.25) is 0 Å². The quantitative estimate of drug-likeness (QED) is 0.760. The van der Waals surface area contributed by atoms with Crippen LogP contribution in [0.5, 0.6) is 0 Å². The molecule has 0 bridgehead atoms. The van der Waals surface area contributed by atoms with Crippen molar-refractivity contribution in [2.75, 3.05) is 5.32 Å². The van der Waals surface area contributed by atoms with E-state index in [-0.39, 0.29) is 0 Å². The molecule has 1 aromatic heterocycles. The molecule has 1 saturated carbocycles. The first-order chi connectivity index (χ1) is 6.08. The molecule has 1 aromatic rings. The van der Waals surface area contributed by atoms with E-state index in [1.165, 1.54) is 12.8 Å². The van der Waals surface area contributed by atoms with Gasteiger partial charge >= 0.3 is 0 Å². The Bertz CT molecular complexity index is 304. The fraction of sp³-hybridized carbons (Fsp3) is 0.700. The smallest absolute Gasteiger partial charge is 0.294 e. The number of hydrogen-bond donors (Lipinski definition) is 1. The van der Waals surface area contributed by atoms with Crippen LogP contribution < -0.4 is 5.32 Å². The van der Waals surface area contributed by atoms with Crippen molar-refractivity contribution in [2.24, 2.45) is 5.41 Å². The van der Waals surface area contributed by atoms with Gasteiger partial charge in [0.25, 0.3) is 6.01 Å². The minimum atomic E-state index is 0.391. The van der Waals surface area contributed by atoms with Gasteiger partial charge in [0.05, 0.1) is 5.69 Å². The molecular weight excluding hydrogens is 164 g/mol. The number of hydrogen-bond acceptors (Lipinski definition) is 3. The number of nitrogens with one attached hydrogen (secondary N) is 1. The fourth-order valence-electron chi connectivity index (χ4n) is 1.70. The highest BCUT2D eigenvalue weighted by atomic mass is 16.4. The molecule has 0 aromatic carbocycles. The summed E-state index contributed by atoms with van der Waals surface area (Å²) in [6.07, 6.45) is 4.17. The topological polar surface area (TPSA) is 38.1 Å². The number of aryl methyl sites for hydroxylation is 1. The zero-order valence-corrected chi connectivity index (χ0v) is 8.42. The van der Waals surface area contributed by atoms with Crippen LogP contribution in [0.15, 0.2) is 10.7 Å². The molecule has 0 saturated heterocycles. The van der Waals surface area contributed by atoms with Gasteiger partial charge in [-0.2, -0.15) is 4.98 Å². The van der Waals surface area contributed by atoms with Crippen molar-refractivity contribution in [1.82, 2.24) is 4.98 Å². The normalized spacial score (nSPS) is 25.3. The molecule has 1 aliphatic rings. The van der Waals surface area contributed by atoms with Crippen LogP contribution >= 0.6 is 0 Å². The standard InChI is InChI=1S/C10H16N2O/c1-7-6-13-9(11-7)12-8-4-5-10(8,2)3/h6,8H,4-5H2,1-3H3,(H,11,12). The summed E-state index contributed by atoms with van der Waals surface area (Å²) in [5, 5.41) is 3.31. The van der Waals surface area contributed by atoms with E-state index in [0.29, 0.717) is 17.5 Å². The van der Waals surface area contributed by atoms with Gasteiger partial charge in [0, 0.05) is 6.04 Å². The largest absolute Gasteiger partial charge is 0.432 e. The Morgan fingerprint density at radius 2 is 2.38 bits per heavy atom. The molecule has 1 heterocycles. The Kier molecular flexibility index (Phi) is 1.82. The fourth-order valence-corrected chi connectivity index (χ4v) is 1.70. The minimum Gasteiger partial charge on any atom is -0.432 e. The Morgan fingerprint density at radius 1 is 1.62 bits per heavy atom. The van der Waals surface area contributed by atoms with E-state index >= 15 is 0 Å². The predicted octanol–water partition coefficient (Wildman–Crippen LogP) is 2.58. The van der Waals surface area contributed by atoms with Crippen LogP contribution in [-0.2, 0) is 0 Å². The van der Waals surface area contributed by atoms with Crippen molar-refractivity contribution in [2.45, 2.75) is 39.7 Å². The second kappa shape index (κ2) is 2.76. The van der Waals surface area contributed by atoms with E-state index in [9.17, 15) is 0 Å². The molecule has 1 atom stereocenters. The average Bonchev–Trinajstić information content (AvgIpc) is 2.46. The molecule has 3 nitrogen and oxygen atoms in total. The number of anilines is 1. The van der Waals surface area contributed by atoms with E-state index in [4.69, 9.17) is 4.42 Å². The summed E-state index contributed by atoms with van der Waals surface area (Å²) in [6, 6.07) is 1.18. The molecule has 1 aliphatic carbocycles. The second-order valence-corrected chi connectivity index (χ2v) is 4.52. The van der Waals surface area contributed by atoms with Crippen LogP contribution in [0.4, 0.5) is 6.01 Å². The van der Waals surface area contributed by atoms with Crippen molar-refractivity contribution >= 4 is 6.01 Å². The summed E-state index contributed by atoms with van der Waals surface area (Å²) in [4.78, 5) is 4.22. The maximum Gasteiger partial charge on any atom is 0.294 e. The van der Waals surface area contributed by atoms with Crippen LogP contribution in [0.2, 0.25) is 0 Å². The van der Waals surface area contributed by atoms with Gasteiger partial charge in [-0.1, -0.05) is 13.8 Å². The Labute approximate surface area is 78.5 Å². The zero-order chi connectivity index (χ0) is 9.47. The Morgan fingerprint density at radius 3 is 2.77 bits per heavy atom. The van der Waals surface area contributed by atoms with Crippen molar-refractivity contribution < 1.29 is 4.42 Å². The highest BCUT2D eigenvalue weighted by Crippen LogP contribution is 2.41. The van der Waals surface area contributed by atoms with Gasteiger partial charge in [0.2, 0.25) is 0 Å². The summed E-state index contributed by atoms with van der Waals surface area (Å²) in [5.74, 6) is 0. The predicted molar refractivity (Wildman–Crippen MR) is 51.7 cm³/mol. The first kappa shape index (κ1) is 8.60. The van der Waals surface area contributed by atoms with Crippen LogP contribution in [0.3, 0.4) is 0 Å². The van der Waals surface area contributed by atoms with Crippen molar-refractivity contribution in [3.05, 3.63) is 12.0 Å². The van der Waals surface area contributed by atoms with Gasteiger partial charge in [0.15, 0.2) is 0 Å². The Balaban J connectivity index is 1.99. The molecule has 1 fully saturated rings. The number of rotatable bonds is 2. The van der Waals surface area contributed by atoms with E-state index in [0.717, 1.165) is 5.69 Å². The molecule has 0 spiro atoms. The van der Waals surface area contributed by atoms with Crippen molar-refractivity contribution in [3.8, 4) is 0 Å². The molecule has 0 radical (unpaired) electrons. The van der Waals surface area contributed by atoms with E-state index in [2.05, 4.69) is 24.1 Å². The summed E-state index contributed by atoms with van der Waals surface area (Å²) in [6.45, 7) is 6.47. The lowest BCUT2D eigenvalue weighted by Gasteiger charge is -2.44. The molecule has 1 N–H and O–H groups in total. The van der Waals surface area contributed by atoms with E-state index in [1.54, 1.807) is 6.26 Å². The molecule has 13 heavy (non-hydrogen) atoms. The number of aromatic nitrogens is 1. The number of nitrogens with zero attached hydrogens (tertiary/aromatic N) is 1. The lowest BCUT2D eigenvalue weighted by molar-refractivity contribution is 0.157. The monoisotopic (exact) mass is 180 g/mol. The van der Waals surface area contributed by atoms with E-state index < -0.39 is 0 Å². The lowest BCUT2D eigenvalue weighted by atomic mass is 9.67. The second-order valence-electron chi connectivity index (χ2n) is 4.52. The van der Waals surface area contributed by atoms with Crippen LogP contribution in [0.25, 0.3) is 0 Å². The molecule has 1 unspecified atom stereocenters. The average molecular weight is 180 g/mol. The molecular formula is C10H16N2O. The molecule has 72 valence electrons. The molecule has 0 aliphatic heterocycles. The molecule has 3 heteroatoms. The third-order valence-electron chi connectivity index (χ3n) is 2.94. The van der Waals surface area contributed by atoms with Gasteiger partial charge < -0.3 is 9.73 Å². The summed E-state index contributed by atoms with van der Waals surface area (Å²) >= 11 is 0. The summed E-state index contributed by atoms with van der Waals surface area (Å²) in [7, 11) is 0. The van der Waals surface area contributed by atoms with Gasteiger partial charge in [-0.05, 0) is 25.2 Å². The molecule has 0 amide bonds. The Hall–Kier alpha value is -0.990. The summed E-state index contributed by atoms with van der Waals surface area (Å²) < 4.78 is 5.24. The zero-order valence-electron chi connectivity index (χ0n) is 8.42.